The first kappa shape index (κ1) is 21.4. The minimum atomic E-state index is -0.478. The number of nitrogens with zero attached hydrogens (tertiary/aromatic N) is 2. The highest BCUT2D eigenvalue weighted by Gasteiger charge is 2.31. The highest BCUT2D eigenvalue weighted by Crippen LogP contribution is 2.26. The molecule has 2 aromatic rings. The third kappa shape index (κ3) is 4.79. The lowest BCUT2D eigenvalue weighted by atomic mass is 10.0. The molecule has 2 heterocycles. The molecule has 1 aromatic carbocycles. The van der Waals surface area contributed by atoms with E-state index in [-0.39, 0.29) is 35.1 Å². The maximum absolute atomic E-state index is 12.6. The normalized spacial score (nSPS) is 15.5. The van der Waals surface area contributed by atoms with E-state index in [1.807, 2.05) is 12.1 Å². The first-order chi connectivity index (χ1) is 14.4. The number of nitrogens with one attached hydrogen (secondary N) is 2. The molecule has 30 heavy (non-hydrogen) atoms. The smallest absolute Gasteiger partial charge is 0.319 e. The molecule has 1 fully saturated rings. The summed E-state index contributed by atoms with van der Waals surface area (Å²) in [5.41, 5.74) is 1.71. The zero-order chi connectivity index (χ0) is 21.7. The van der Waals surface area contributed by atoms with Gasteiger partial charge in [-0.25, -0.2) is 4.98 Å². The number of thioether (sulfide) groups is 1. The fourth-order valence-corrected chi connectivity index (χ4v) is 3.73. The SMILES string of the molecule is COc1ncc(C(=O)NCc2cc(CC3SC(=O)NC3=O)ccc2OC)c(OC)n1. The summed E-state index contributed by atoms with van der Waals surface area (Å²) in [5, 5.41) is 4.23. The zero-order valence-corrected chi connectivity index (χ0v) is 17.4. The Kier molecular flexibility index (Phi) is 6.72. The van der Waals surface area contributed by atoms with E-state index in [1.165, 1.54) is 27.5 Å². The number of aromatic nitrogens is 2. The lowest BCUT2D eigenvalue weighted by Gasteiger charge is -2.13. The first-order valence-corrected chi connectivity index (χ1v) is 9.73. The molecular weight excluding hydrogens is 412 g/mol. The van der Waals surface area contributed by atoms with Crippen LogP contribution < -0.4 is 24.8 Å². The molecule has 0 saturated carbocycles. The Bertz CT molecular complexity index is 983. The van der Waals surface area contributed by atoms with Gasteiger partial charge in [-0.1, -0.05) is 23.9 Å². The quantitative estimate of drug-likeness (QED) is 0.634. The van der Waals surface area contributed by atoms with Crippen molar-refractivity contribution in [3.63, 3.8) is 0 Å². The maximum atomic E-state index is 12.6. The van der Waals surface area contributed by atoms with Gasteiger partial charge in [0.25, 0.3) is 11.1 Å². The molecule has 1 unspecified atom stereocenters. The van der Waals surface area contributed by atoms with Crippen molar-refractivity contribution in [2.75, 3.05) is 21.3 Å². The fraction of sp³-hybridized carbons (Fsp3) is 0.316. The molecule has 1 aromatic heterocycles. The first-order valence-electron chi connectivity index (χ1n) is 8.85. The molecule has 1 aliphatic heterocycles. The predicted molar refractivity (Wildman–Crippen MR) is 108 cm³/mol. The Morgan fingerprint density at radius 1 is 1.20 bits per heavy atom. The van der Waals surface area contributed by atoms with Gasteiger partial charge in [0.2, 0.25) is 11.8 Å². The monoisotopic (exact) mass is 432 g/mol. The number of hydrogen-bond donors (Lipinski definition) is 2. The van der Waals surface area contributed by atoms with Crippen LogP contribution in [0.5, 0.6) is 17.6 Å². The van der Waals surface area contributed by atoms with Crippen molar-refractivity contribution in [1.82, 2.24) is 20.6 Å². The minimum Gasteiger partial charge on any atom is -0.496 e. The van der Waals surface area contributed by atoms with E-state index in [0.717, 1.165) is 17.3 Å². The number of carbonyl (C=O) groups excluding carboxylic acids is 3. The molecule has 0 aliphatic carbocycles. The molecule has 158 valence electrons. The second-order valence-electron chi connectivity index (χ2n) is 6.20. The van der Waals surface area contributed by atoms with Crippen LogP contribution in [0.2, 0.25) is 0 Å². The Morgan fingerprint density at radius 2 is 2.00 bits per heavy atom. The number of methoxy groups -OCH3 is 3. The lowest BCUT2D eigenvalue weighted by Crippen LogP contribution is -2.26. The number of ether oxygens (including phenoxy) is 3. The molecule has 1 saturated heterocycles. The molecule has 3 amide bonds. The summed E-state index contributed by atoms with van der Waals surface area (Å²) in [7, 11) is 4.34. The number of benzene rings is 1. The largest absolute Gasteiger partial charge is 0.496 e. The maximum Gasteiger partial charge on any atom is 0.319 e. The number of carbonyl (C=O) groups is 3. The van der Waals surface area contributed by atoms with Gasteiger partial charge >= 0.3 is 6.01 Å². The molecule has 0 radical (unpaired) electrons. The van der Waals surface area contributed by atoms with Gasteiger partial charge < -0.3 is 19.5 Å². The second kappa shape index (κ2) is 9.44. The topological polar surface area (TPSA) is 129 Å². The summed E-state index contributed by atoms with van der Waals surface area (Å²) in [5.74, 6) is -0.0637. The Labute approximate surface area is 176 Å². The van der Waals surface area contributed by atoms with Crippen LogP contribution in [-0.4, -0.2) is 53.6 Å². The number of imide groups is 1. The Balaban J connectivity index is 1.73. The summed E-state index contributed by atoms with van der Waals surface area (Å²) in [4.78, 5) is 43.7. The van der Waals surface area contributed by atoms with Crippen molar-refractivity contribution in [2.45, 2.75) is 18.2 Å². The molecule has 3 rings (SSSR count). The van der Waals surface area contributed by atoms with Crippen molar-refractivity contribution in [2.24, 2.45) is 0 Å². The van der Waals surface area contributed by atoms with Gasteiger partial charge in [0.15, 0.2) is 0 Å². The molecule has 0 spiro atoms. The van der Waals surface area contributed by atoms with Gasteiger partial charge in [-0.3, -0.25) is 19.7 Å². The van der Waals surface area contributed by atoms with Crippen LogP contribution in [0, 0.1) is 0 Å². The average Bonchev–Trinajstić information content (AvgIpc) is 3.07. The van der Waals surface area contributed by atoms with Crippen LogP contribution in [0.1, 0.15) is 21.5 Å². The van der Waals surface area contributed by atoms with E-state index in [1.54, 1.807) is 6.07 Å². The summed E-state index contributed by atoms with van der Waals surface area (Å²) >= 11 is 0.968. The van der Waals surface area contributed by atoms with E-state index < -0.39 is 11.2 Å². The van der Waals surface area contributed by atoms with E-state index >= 15 is 0 Å². The highest BCUT2D eigenvalue weighted by molar-refractivity contribution is 8.15. The van der Waals surface area contributed by atoms with Gasteiger partial charge in [-0.2, -0.15) is 4.98 Å². The van der Waals surface area contributed by atoms with E-state index in [0.29, 0.717) is 17.7 Å². The molecular formula is C19H20N4O6S. The summed E-state index contributed by atoms with van der Waals surface area (Å²) in [6.45, 7) is 0.161. The summed E-state index contributed by atoms with van der Waals surface area (Å²) in [6, 6.07) is 5.50. The van der Waals surface area contributed by atoms with E-state index in [9.17, 15) is 14.4 Å². The lowest BCUT2D eigenvalue weighted by molar-refractivity contribution is -0.118. The molecule has 11 heteroatoms. The van der Waals surface area contributed by atoms with Crippen LogP contribution >= 0.6 is 11.8 Å². The molecule has 0 bridgehead atoms. The summed E-state index contributed by atoms with van der Waals surface area (Å²) < 4.78 is 15.4. The van der Waals surface area contributed by atoms with Crippen LogP contribution in [0.25, 0.3) is 0 Å². The van der Waals surface area contributed by atoms with Crippen molar-refractivity contribution < 1.29 is 28.6 Å². The molecule has 1 atom stereocenters. The van der Waals surface area contributed by atoms with Crippen molar-refractivity contribution >= 4 is 28.8 Å². The summed E-state index contributed by atoms with van der Waals surface area (Å²) in [6.07, 6.45) is 1.70. The molecule has 2 N–H and O–H groups in total. The van der Waals surface area contributed by atoms with Gasteiger partial charge in [-0.05, 0) is 18.1 Å². The number of rotatable bonds is 8. The third-order valence-electron chi connectivity index (χ3n) is 4.32. The van der Waals surface area contributed by atoms with Crippen LogP contribution in [0.15, 0.2) is 24.4 Å². The Morgan fingerprint density at radius 3 is 2.63 bits per heavy atom. The van der Waals surface area contributed by atoms with E-state index in [2.05, 4.69) is 20.6 Å². The predicted octanol–water partition coefficient (Wildman–Crippen LogP) is 1.33. The van der Waals surface area contributed by atoms with Crippen molar-refractivity contribution in [3.8, 4) is 17.6 Å². The Hall–Kier alpha value is -3.34. The van der Waals surface area contributed by atoms with Gasteiger partial charge in [-0.15, -0.1) is 0 Å². The number of hydrogen-bond acceptors (Lipinski definition) is 9. The van der Waals surface area contributed by atoms with Crippen LogP contribution in [0.3, 0.4) is 0 Å². The second-order valence-corrected chi connectivity index (χ2v) is 7.37. The number of amides is 3. The van der Waals surface area contributed by atoms with Gasteiger partial charge in [0.05, 0.1) is 32.8 Å². The molecule has 10 nitrogen and oxygen atoms in total. The zero-order valence-electron chi connectivity index (χ0n) is 16.6. The third-order valence-corrected chi connectivity index (χ3v) is 5.31. The van der Waals surface area contributed by atoms with Crippen molar-refractivity contribution in [3.05, 3.63) is 41.1 Å². The van der Waals surface area contributed by atoms with Gasteiger partial charge in [0, 0.05) is 12.1 Å². The minimum absolute atomic E-state index is 0.0880. The molecule has 1 aliphatic rings. The standard InChI is InChI=1S/C19H20N4O6S/c1-27-13-5-4-10(7-14-16(25)22-19(26)30-14)6-11(13)8-20-15(24)12-9-21-18(29-3)23-17(12)28-2/h4-6,9,14H,7-8H2,1-3H3,(H,20,24)(H,22,25,26). The highest BCUT2D eigenvalue weighted by atomic mass is 32.2. The van der Waals surface area contributed by atoms with Crippen molar-refractivity contribution in [1.29, 1.82) is 0 Å². The van der Waals surface area contributed by atoms with Crippen LogP contribution in [0.4, 0.5) is 4.79 Å². The average molecular weight is 432 g/mol. The van der Waals surface area contributed by atoms with Crippen LogP contribution in [-0.2, 0) is 17.8 Å². The van der Waals surface area contributed by atoms with Gasteiger partial charge in [0.1, 0.15) is 11.3 Å². The fourth-order valence-electron chi connectivity index (χ4n) is 2.87. The van der Waals surface area contributed by atoms with E-state index in [4.69, 9.17) is 14.2 Å².